The maximum Gasteiger partial charge on any atom is 0.411 e. The van der Waals surface area contributed by atoms with E-state index in [1.807, 2.05) is 26.2 Å². The van der Waals surface area contributed by atoms with Crippen molar-refractivity contribution in [3.8, 4) is 11.5 Å². The Kier molecular flexibility index (Phi) is 12.6. The summed E-state index contributed by atoms with van der Waals surface area (Å²) in [6, 6.07) is 20.5. The molecule has 16 heteroatoms. The summed E-state index contributed by atoms with van der Waals surface area (Å²) in [6.45, 7) is 6.07. The molecule has 0 bridgehead atoms. The molecule has 0 fully saturated rings. The first-order chi connectivity index (χ1) is 25.6. The predicted octanol–water partition coefficient (Wildman–Crippen LogP) is 8.69. The number of amides is 2. The number of hydrogen-bond acceptors (Lipinski definition) is 11. The number of phenolic OH excluding ortho intramolecular Hbond substituents is 1. The molecule has 13 nitrogen and oxygen atoms in total. The summed E-state index contributed by atoms with van der Waals surface area (Å²) in [4.78, 5) is 41.6. The molecule has 0 spiro atoms. The predicted molar refractivity (Wildman–Crippen MR) is 206 cm³/mol. The molecule has 0 aliphatic heterocycles. The second kappa shape index (κ2) is 17.1. The average molecular weight is 793 g/mol. The number of nitro groups is 1. The molecular weight excluding hydrogens is 756 g/mol. The molecule has 1 aromatic heterocycles. The van der Waals surface area contributed by atoms with Gasteiger partial charge in [-0.3, -0.25) is 20.2 Å². The van der Waals surface area contributed by atoms with E-state index in [1.54, 1.807) is 12.1 Å². The largest absolute Gasteiger partial charge is 0.506 e. The highest BCUT2D eigenvalue weighted by Gasteiger charge is 2.19. The summed E-state index contributed by atoms with van der Waals surface area (Å²) < 4.78 is 36.9. The van der Waals surface area contributed by atoms with Crippen molar-refractivity contribution in [2.75, 3.05) is 16.4 Å². The van der Waals surface area contributed by atoms with Crippen molar-refractivity contribution < 1.29 is 37.5 Å². The van der Waals surface area contributed by atoms with Gasteiger partial charge < -0.3 is 19.9 Å². The zero-order valence-electron chi connectivity index (χ0n) is 29.5. The summed E-state index contributed by atoms with van der Waals surface area (Å²) in [5, 5.41) is 29.9. The number of carbonyl (C=O) groups is 2. The lowest BCUT2D eigenvalue weighted by molar-refractivity contribution is -0.384. The summed E-state index contributed by atoms with van der Waals surface area (Å²) in [7, 11) is -3.54. The van der Waals surface area contributed by atoms with E-state index < -0.39 is 26.8 Å². The first-order valence-corrected chi connectivity index (χ1v) is 19.5. The number of halogens is 1. The molecule has 2 amide bonds. The van der Waals surface area contributed by atoms with E-state index in [9.17, 15) is 33.2 Å². The van der Waals surface area contributed by atoms with Crippen LogP contribution in [0.2, 0.25) is 5.02 Å². The van der Waals surface area contributed by atoms with Gasteiger partial charge >= 0.3 is 6.09 Å². The minimum atomic E-state index is -3.54. The Bertz CT molecular complexity index is 2250. The second-order valence-electron chi connectivity index (χ2n) is 13.2. The van der Waals surface area contributed by atoms with Crippen LogP contribution in [-0.4, -0.2) is 41.2 Å². The van der Waals surface area contributed by atoms with Crippen LogP contribution in [0.1, 0.15) is 59.4 Å². The van der Waals surface area contributed by atoms with E-state index in [0.717, 1.165) is 5.69 Å². The van der Waals surface area contributed by atoms with Crippen molar-refractivity contribution in [2.45, 2.75) is 57.1 Å². The number of aryl methyl sites for hydroxylation is 1. The number of sulfone groups is 1. The molecule has 0 saturated heterocycles. The molecule has 0 saturated carbocycles. The Labute approximate surface area is 321 Å². The van der Waals surface area contributed by atoms with Crippen LogP contribution in [0.3, 0.4) is 0 Å². The zero-order chi connectivity index (χ0) is 39.0. The standard InChI is InChI=1S/C38H37ClN4O9S2/c1-38(2,3)34-23-53-35(42-34)22-51-30-19-26(18-28(20-30)40-37(46)52-21-25-6-11-29(12-7-25)43(47)48)36(45)41-32-17-24(8-15-33(32)44)5-4-16-54(49,50)31-13-9-27(39)10-14-31/h6-15,17-20,23,44H,4-5,16,21-22H2,1-3H3,(H,40,46)(H,41,45). The number of nitrogens with one attached hydrogen (secondary N) is 2. The molecule has 3 N–H and O–H groups in total. The van der Waals surface area contributed by atoms with Crippen molar-refractivity contribution in [2.24, 2.45) is 0 Å². The number of aromatic nitrogens is 1. The van der Waals surface area contributed by atoms with Gasteiger partial charge in [0.15, 0.2) is 9.84 Å². The van der Waals surface area contributed by atoms with Crippen molar-refractivity contribution in [1.82, 2.24) is 4.98 Å². The smallest absolute Gasteiger partial charge is 0.411 e. The molecule has 0 atom stereocenters. The molecule has 54 heavy (non-hydrogen) atoms. The van der Waals surface area contributed by atoms with E-state index in [0.29, 0.717) is 27.6 Å². The number of hydrogen-bond donors (Lipinski definition) is 3. The van der Waals surface area contributed by atoms with Crippen LogP contribution in [-0.2, 0) is 39.6 Å². The van der Waals surface area contributed by atoms with Crippen molar-refractivity contribution in [1.29, 1.82) is 0 Å². The summed E-state index contributed by atoms with van der Waals surface area (Å²) in [5.74, 6) is -0.723. The van der Waals surface area contributed by atoms with Gasteiger partial charge in [-0.05, 0) is 84.6 Å². The summed E-state index contributed by atoms with van der Waals surface area (Å²) >= 11 is 7.32. The molecule has 1 heterocycles. The zero-order valence-corrected chi connectivity index (χ0v) is 31.9. The lowest BCUT2D eigenvalue weighted by Crippen LogP contribution is -2.16. The lowest BCUT2D eigenvalue weighted by Gasteiger charge is -2.14. The number of anilines is 2. The quantitative estimate of drug-likeness (QED) is 0.0558. The van der Waals surface area contributed by atoms with Crippen molar-refractivity contribution in [3.63, 3.8) is 0 Å². The van der Waals surface area contributed by atoms with Gasteiger partial charge in [-0.2, -0.15) is 0 Å². The fourth-order valence-corrected chi connectivity index (χ4v) is 7.40. The van der Waals surface area contributed by atoms with Crippen LogP contribution < -0.4 is 15.4 Å². The highest BCUT2D eigenvalue weighted by atomic mass is 35.5. The number of nitrogens with zero attached hydrogens (tertiary/aromatic N) is 2. The van der Waals surface area contributed by atoms with Gasteiger partial charge in [0.05, 0.1) is 27.0 Å². The van der Waals surface area contributed by atoms with Gasteiger partial charge in [0.2, 0.25) is 0 Å². The first kappa shape index (κ1) is 39.7. The minimum Gasteiger partial charge on any atom is -0.506 e. The third-order valence-corrected chi connectivity index (χ3v) is 10.9. The van der Waals surface area contributed by atoms with Gasteiger partial charge in [0.1, 0.15) is 29.7 Å². The van der Waals surface area contributed by atoms with E-state index >= 15 is 0 Å². The van der Waals surface area contributed by atoms with Gasteiger partial charge in [0, 0.05) is 45.3 Å². The van der Waals surface area contributed by atoms with Gasteiger partial charge in [-0.1, -0.05) is 38.4 Å². The average Bonchev–Trinajstić information content (AvgIpc) is 3.62. The van der Waals surface area contributed by atoms with Crippen LogP contribution in [0.5, 0.6) is 11.5 Å². The molecule has 0 unspecified atom stereocenters. The normalized spacial score (nSPS) is 11.5. The fraction of sp³-hybridized carbons (Fsp3) is 0.237. The van der Waals surface area contributed by atoms with Crippen molar-refractivity contribution >= 4 is 61.8 Å². The Hall–Kier alpha value is -5.51. The van der Waals surface area contributed by atoms with Crippen LogP contribution in [0.25, 0.3) is 0 Å². The third-order valence-electron chi connectivity index (χ3n) is 7.98. The van der Waals surface area contributed by atoms with Crippen molar-refractivity contribution in [3.05, 3.63) is 133 Å². The molecule has 0 radical (unpaired) electrons. The number of rotatable bonds is 14. The van der Waals surface area contributed by atoms with E-state index in [1.165, 1.54) is 84.1 Å². The third kappa shape index (κ3) is 11.0. The number of phenols is 1. The number of nitro benzene ring substituents is 1. The highest BCUT2D eigenvalue weighted by molar-refractivity contribution is 7.91. The van der Waals surface area contributed by atoms with Gasteiger partial charge in [-0.25, -0.2) is 18.2 Å². The summed E-state index contributed by atoms with van der Waals surface area (Å²) in [5.41, 5.74) is 2.20. The molecule has 0 aliphatic carbocycles. The maximum absolute atomic E-state index is 13.6. The van der Waals surface area contributed by atoms with E-state index in [2.05, 4.69) is 15.6 Å². The monoisotopic (exact) mass is 792 g/mol. The Morgan fingerprint density at radius 3 is 2.31 bits per heavy atom. The molecule has 5 rings (SSSR count). The van der Waals surface area contributed by atoms with E-state index in [-0.39, 0.29) is 69.8 Å². The number of benzene rings is 4. The van der Waals surface area contributed by atoms with Gasteiger partial charge in [0.25, 0.3) is 11.6 Å². The second-order valence-corrected chi connectivity index (χ2v) is 16.7. The number of aromatic hydroxyl groups is 1. The van der Waals surface area contributed by atoms with Gasteiger partial charge in [-0.15, -0.1) is 11.3 Å². The van der Waals surface area contributed by atoms with E-state index in [4.69, 9.17) is 21.1 Å². The van der Waals surface area contributed by atoms with Crippen LogP contribution in [0.4, 0.5) is 21.9 Å². The highest BCUT2D eigenvalue weighted by Crippen LogP contribution is 2.29. The number of non-ortho nitro benzene ring substituents is 1. The van der Waals surface area contributed by atoms with Crippen LogP contribution in [0.15, 0.2) is 95.2 Å². The molecule has 0 aliphatic rings. The Balaban J connectivity index is 1.29. The lowest BCUT2D eigenvalue weighted by atomic mass is 9.93. The topological polar surface area (TPSA) is 187 Å². The molecule has 4 aromatic carbocycles. The number of carbonyl (C=O) groups excluding carboxylic acids is 2. The Morgan fingerprint density at radius 2 is 1.65 bits per heavy atom. The van der Waals surface area contributed by atoms with Crippen LogP contribution in [0, 0.1) is 10.1 Å². The van der Waals surface area contributed by atoms with Crippen LogP contribution >= 0.6 is 22.9 Å². The maximum atomic E-state index is 13.6. The number of ether oxygens (including phenoxy) is 2. The summed E-state index contributed by atoms with van der Waals surface area (Å²) in [6.07, 6.45) is -0.216. The molecule has 5 aromatic rings. The fourth-order valence-electron chi connectivity index (χ4n) is 5.03. The Morgan fingerprint density at radius 1 is 0.944 bits per heavy atom. The molecular formula is C38H37ClN4O9S2. The SMILES string of the molecule is CC(C)(C)c1csc(COc2cc(NC(=O)OCc3ccc([N+](=O)[O-])cc3)cc(C(=O)Nc3cc(CCCS(=O)(=O)c4ccc(Cl)cc4)ccc3O)c2)n1. The minimum absolute atomic E-state index is 0.0755. The molecule has 282 valence electrons. The first-order valence-electron chi connectivity index (χ1n) is 16.6. The number of thiazole rings is 1.